The maximum absolute atomic E-state index is 6.57. The smallest absolute Gasteiger partial charge is 0.158 e. The highest BCUT2D eigenvalue weighted by molar-refractivity contribution is 7.57. The largest absolute Gasteiger partial charge is 0.327 e. The number of hydrogen-bond donors (Lipinski definition) is 0. The van der Waals surface area contributed by atoms with Crippen LogP contribution in [0.4, 0.5) is 0 Å². The Balaban J connectivity index is 4.67. The van der Waals surface area contributed by atoms with Crippen LogP contribution in [-0.4, -0.2) is 32.8 Å². The minimum Gasteiger partial charge on any atom is -0.327 e. The fraction of sp³-hybridized carbons (Fsp3) is 1.00. The number of halogens is 1. The maximum Gasteiger partial charge on any atom is 0.158 e. The van der Waals surface area contributed by atoms with Gasteiger partial charge in [0.1, 0.15) is 7.75 Å². The normalized spacial score (nSPS) is 18.0. The molecular weight excluding hydrogens is 202 g/mol. The van der Waals surface area contributed by atoms with Crippen LogP contribution in [0.1, 0.15) is 13.8 Å². The average Bonchev–Trinajstić information content (AvgIpc) is 1.99. The summed E-state index contributed by atoms with van der Waals surface area (Å²) in [4.78, 5) is 0. The Bertz CT molecular complexity index is 146. The first kappa shape index (κ1) is 12.7. The zero-order valence-electron chi connectivity index (χ0n) is 9.24. The van der Waals surface area contributed by atoms with Gasteiger partial charge in [-0.3, -0.25) is 0 Å². The van der Waals surface area contributed by atoms with E-state index in [1.54, 1.807) is 0 Å². The molecule has 0 N–H and O–H groups in total. The Morgan fingerprint density at radius 1 is 1.17 bits per heavy atom. The van der Waals surface area contributed by atoms with Crippen molar-refractivity contribution in [2.24, 2.45) is 0 Å². The van der Waals surface area contributed by atoms with Crippen LogP contribution in [-0.2, 0) is 0 Å². The highest BCUT2D eigenvalue weighted by Gasteiger charge is 2.45. The molecule has 74 valence electrons. The number of rotatable bonds is 4. The van der Waals surface area contributed by atoms with Crippen molar-refractivity contribution in [2.45, 2.75) is 39.5 Å². The average molecular weight is 224 g/mol. The third kappa shape index (κ3) is 2.34. The minimum atomic E-state index is -1.46. The van der Waals surface area contributed by atoms with Gasteiger partial charge < -0.3 is 4.57 Å². The lowest BCUT2D eigenvalue weighted by Gasteiger charge is -2.42. The summed E-state index contributed by atoms with van der Waals surface area (Å²) in [5.41, 5.74) is 0. The molecule has 1 nitrogen and oxygen atoms in total. The lowest BCUT2D eigenvalue weighted by atomic mass is 10.8. The fourth-order valence-electron chi connectivity index (χ4n) is 1.49. The summed E-state index contributed by atoms with van der Waals surface area (Å²) >= 11 is 6.57. The van der Waals surface area contributed by atoms with Crippen LogP contribution >= 0.6 is 11.1 Å². The molecule has 0 amide bonds. The van der Waals surface area contributed by atoms with Crippen molar-refractivity contribution < 1.29 is 0 Å². The van der Waals surface area contributed by atoms with Gasteiger partial charge in [-0.05, 0) is 19.6 Å². The van der Waals surface area contributed by atoms with E-state index in [1.807, 2.05) is 0 Å². The fourth-order valence-corrected chi connectivity index (χ4v) is 12.7. The van der Waals surface area contributed by atoms with E-state index in [4.69, 9.17) is 11.1 Å². The molecule has 0 rings (SSSR count). The summed E-state index contributed by atoms with van der Waals surface area (Å²) in [6.07, 6.45) is 0. The molecule has 1 unspecified atom stereocenters. The summed E-state index contributed by atoms with van der Waals surface area (Å²) in [5.74, 6) is 0. The lowest BCUT2D eigenvalue weighted by molar-refractivity contribution is 0.543. The van der Waals surface area contributed by atoms with E-state index in [0.717, 1.165) is 6.54 Å². The molecule has 0 bridgehead atoms. The lowest BCUT2D eigenvalue weighted by Crippen LogP contribution is -2.63. The summed E-state index contributed by atoms with van der Waals surface area (Å²) < 4.78 is 2.52. The van der Waals surface area contributed by atoms with Crippen LogP contribution in [0.25, 0.3) is 0 Å². The van der Waals surface area contributed by atoms with E-state index in [-0.39, 0.29) is 0 Å². The first-order valence-electron chi connectivity index (χ1n) is 4.69. The summed E-state index contributed by atoms with van der Waals surface area (Å²) in [7, 11) is 0.938. The van der Waals surface area contributed by atoms with E-state index in [2.05, 4.69) is 45.1 Å². The van der Waals surface area contributed by atoms with E-state index >= 15 is 0 Å². The molecule has 1 atom stereocenters. The van der Waals surface area contributed by atoms with Gasteiger partial charge in [0, 0.05) is 0 Å². The molecule has 12 heavy (non-hydrogen) atoms. The summed E-state index contributed by atoms with van der Waals surface area (Å²) in [6, 6.07) is 1.28. The first-order chi connectivity index (χ1) is 5.29. The molecule has 0 radical (unpaired) electrons. The van der Waals surface area contributed by atoms with Gasteiger partial charge in [0.2, 0.25) is 0 Å². The maximum atomic E-state index is 6.57. The van der Waals surface area contributed by atoms with Gasteiger partial charge in [0.15, 0.2) is 6.90 Å². The van der Waals surface area contributed by atoms with Crippen LogP contribution in [0.5, 0.6) is 0 Å². The van der Waals surface area contributed by atoms with E-state index in [0.29, 0.717) is 0 Å². The third-order valence-corrected chi connectivity index (χ3v) is 22.8. The van der Waals surface area contributed by atoms with Crippen molar-refractivity contribution in [3.63, 3.8) is 0 Å². The van der Waals surface area contributed by atoms with Crippen molar-refractivity contribution in [3.8, 4) is 0 Å². The second-order valence-electron chi connectivity index (χ2n) is 4.11. The zero-order chi connectivity index (χ0) is 9.99. The molecule has 4 heteroatoms. The molecule has 0 heterocycles. The summed E-state index contributed by atoms with van der Waals surface area (Å²) in [6.45, 7) is 11.2. The molecule has 0 saturated heterocycles. The predicted octanol–water partition coefficient (Wildman–Crippen LogP) is 3.06. The Kier molecular flexibility index (Phi) is 4.51. The van der Waals surface area contributed by atoms with E-state index < -0.39 is 14.7 Å². The molecular formula is C8H22ClNSi2. The van der Waals surface area contributed by atoms with E-state index in [1.165, 1.54) is 6.04 Å². The van der Waals surface area contributed by atoms with Crippen LogP contribution in [0.15, 0.2) is 0 Å². The molecule has 0 aliphatic heterocycles. The number of nitrogens with zero attached hydrogens (tertiary/aromatic N) is 1. The van der Waals surface area contributed by atoms with Gasteiger partial charge in [-0.15, -0.1) is 0 Å². The standard InChI is InChI=1S/C8H22ClNSi2/c1-7-10(3)12(6,8-2)11(4,5)9/h7-8H2,1-6H3. The zero-order valence-corrected chi connectivity index (χ0v) is 12.0. The summed E-state index contributed by atoms with van der Waals surface area (Å²) in [5, 5.41) is 0. The predicted molar refractivity (Wildman–Crippen MR) is 63.7 cm³/mol. The monoisotopic (exact) mass is 223 g/mol. The SMILES string of the molecule is CCN(C)[Si](C)(CC)[Si](C)(C)Cl. The molecule has 0 spiro atoms. The molecule has 0 aliphatic carbocycles. The van der Waals surface area contributed by atoms with Crippen molar-refractivity contribution in [1.29, 1.82) is 0 Å². The van der Waals surface area contributed by atoms with Gasteiger partial charge in [-0.2, -0.15) is 11.1 Å². The molecule has 0 aromatic rings. The van der Waals surface area contributed by atoms with Gasteiger partial charge in [-0.25, -0.2) is 0 Å². The Morgan fingerprint density at radius 2 is 1.58 bits per heavy atom. The molecule has 0 fully saturated rings. The molecule has 0 aromatic heterocycles. The topological polar surface area (TPSA) is 3.24 Å². The van der Waals surface area contributed by atoms with Crippen molar-refractivity contribution in [2.75, 3.05) is 13.6 Å². The number of hydrogen-bond acceptors (Lipinski definition) is 1. The van der Waals surface area contributed by atoms with Crippen molar-refractivity contribution in [1.82, 2.24) is 4.57 Å². The quantitative estimate of drug-likeness (QED) is 0.523. The first-order valence-corrected chi connectivity index (χ1v) is 12.4. The van der Waals surface area contributed by atoms with Crippen LogP contribution in [0.2, 0.25) is 25.7 Å². The minimum absolute atomic E-state index is 1.14. The van der Waals surface area contributed by atoms with Crippen LogP contribution in [0.3, 0.4) is 0 Å². The Hall–Kier alpha value is 0.684. The second kappa shape index (κ2) is 4.26. The van der Waals surface area contributed by atoms with Crippen molar-refractivity contribution in [3.05, 3.63) is 0 Å². The van der Waals surface area contributed by atoms with Gasteiger partial charge in [-0.1, -0.05) is 33.5 Å². The van der Waals surface area contributed by atoms with Crippen LogP contribution in [0, 0.1) is 0 Å². The Morgan fingerprint density at radius 3 is 1.67 bits per heavy atom. The van der Waals surface area contributed by atoms with Crippen LogP contribution < -0.4 is 0 Å². The highest BCUT2D eigenvalue weighted by atomic mass is 35.6. The molecule has 0 saturated carbocycles. The van der Waals surface area contributed by atoms with Crippen molar-refractivity contribution >= 4 is 25.7 Å². The van der Waals surface area contributed by atoms with E-state index in [9.17, 15) is 0 Å². The second-order valence-corrected chi connectivity index (χ2v) is 21.8. The molecule has 0 aromatic carbocycles. The van der Waals surface area contributed by atoms with Gasteiger partial charge in [0.05, 0.1) is 0 Å². The van der Waals surface area contributed by atoms with Gasteiger partial charge in [0.25, 0.3) is 0 Å². The Labute approximate surface area is 83.7 Å². The third-order valence-electron chi connectivity index (χ3n) is 3.29. The molecule has 0 aliphatic rings. The highest BCUT2D eigenvalue weighted by Crippen LogP contribution is 2.28. The van der Waals surface area contributed by atoms with Gasteiger partial charge >= 0.3 is 0 Å².